The molecule has 0 saturated carbocycles. The number of sulfonamides is 1. The molecule has 6 nitrogen and oxygen atoms in total. The third-order valence-electron chi connectivity index (χ3n) is 5.94. The molecule has 0 saturated heterocycles. The van der Waals surface area contributed by atoms with Crippen molar-refractivity contribution in [2.45, 2.75) is 51.3 Å². The van der Waals surface area contributed by atoms with Gasteiger partial charge in [-0.2, -0.15) is 0 Å². The van der Waals surface area contributed by atoms with E-state index in [2.05, 4.69) is 19.2 Å². The first-order chi connectivity index (χ1) is 17.2. The van der Waals surface area contributed by atoms with Crippen molar-refractivity contribution in [1.82, 2.24) is 5.32 Å². The van der Waals surface area contributed by atoms with Gasteiger partial charge in [-0.25, -0.2) is 8.42 Å². The summed E-state index contributed by atoms with van der Waals surface area (Å²) >= 11 is 0. The number of hydrogen-bond donors (Lipinski definition) is 1. The summed E-state index contributed by atoms with van der Waals surface area (Å²) < 4.78 is 33.7. The summed E-state index contributed by atoms with van der Waals surface area (Å²) in [7, 11) is -3.92. The lowest BCUT2D eigenvalue weighted by Crippen LogP contribution is -2.41. The van der Waals surface area contributed by atoms with Crippen LogP contribution in [0, 0.1) is 6.92 Å². The summed E-state index contributed by atoms with van der Waals surface area (Å²) in [6.45, 7) is 8.80. The Morgan fingerprint density at radius 3 is 2.17 bits per heavy atom. The average Bonchev–Trinajstić information content (AvgIpc) is 2.86. The molecule has 0 atom stereocenters. The van der Waals surface area contributed by atoms with E-state index < -0.39 is 10.0 Å². The number of nitrogens with zero attached hydrogens (tertiary/aromatic N) is 1. The second kappa shape index (κ2) is 12.6. The van der Waals surface area contributed by atoms with Gasteiger partial charge in [0.1, 0.15) is 12.3 Å². The van der Waals surface area contributed by atoms with Gasteiger partial charge in [0.05, 0.1) is 17.2 Å². The average molecular weight is 509 g/mol. The highest BCUT2D eigenvalue weighted by molar-refractivity contribution is 7.92. The number of carbonyl (C=O) groups excluding carboxylic acids is 1. The van der Waals surface area contributed by atoms with E-state index in [1.54, 1.807) is 36.4 Å². The summed E-state index contributed by atoms with van der Waals surface area (Å²) in [5, 5.41) is 2.88. The minimum absolute atomic E-state index is 0.157. The van der Waals surface area contributed by atoms with Gasteiger partial charge in [-0.15, -0.1) is 0 Å². The van der Waals surface area contributed by atoms with Crippen LogP contribution in [0.3, 0.4) is 0 Å². The van der Waals surface area contributed by atoms with Crippen molar-refractivity contribution in [3.05, 3.63) is 89.5 Å². The van der Waals surface area contributed by atoms with Gasteiger partial charge >= 0.3 is 0 Å². The Morgan fingerprint density at radius 1 is 0.944 bits per heavy atom. The van der Waals surface area contributed by atoms with Crippen molar-refractivity contribution < 1.29 is 17.9 Å². The van der Waals surface area contributed by atoms with Gasteiger partial charge in [0, 0.05) is 6.54 Å². The minimum atomic E-state index is -3.92. The lowest BCUT2D eigenvalue weighted by molar-refractivity contribution is -0.119. The molecule has 0 aromatic heterocycles. The molecule has 0 spiro atoms. The lowest BCUT2D eigenvalue weighted by Gasteiger charge is -2.24. The predicted molar refractivity (Wildman–Crippen MR) is 145 cm³/mol. The molecule has 192 valence electrons. The zero-order valence-electron chi connectivity index (χ0n) is 21.5. The molecule has 0 fully saturated rings. The van der Waals surface area contributed by atoms with Crippen LogP contribution in [0.1, 0.15) is 49.8 Å². The third kappa shape index (κ3) is 7.34. The number of rotatable bonds is 12. The highest BCUT2D eigenvalue weighted by Crippen LogP contribution is 2.26. The molecule has 0 aliphatic carbocycles. The van der Waals surface area contributed by atoms with Crippen LogP contribution in [-0.2, 0) is 21.2 Å². The summed E-state index contributed by atoms with van der Waals surface area (Å²) in [6, 6.07) is 21.9. The molecular weight excluding hydrogens is 472 g/mol. The van der Waals surface area contributed by atoms with Crippen molar-refractivity contribution in [2.75, 3.05) is 24.0 Å². The van der Waals surface area contributed by atoms with E-state index >= 15 is 0 Å². The molecule has 1 amide bonds. The van der Waals surface area contributed by atoms with Crippen LogP contribution in [0.2, 0.25) is 0 Å². The van der Waals surface area contributed by atoms with Gasteiger partial charge < -0.3 is 10.1 Å². The van der Waals surface area contributed by atoms with E-state index in [1.165, 1.54) is 4.31 Å². The molecule has 0 radical (unpaired) electrons. The summed E-state index contributed by atoms with van der Waals surface area (Å²) in [4.78, 5) is 13.0. The number of nitrogens with one attached hydrogen (secondary N) is 1. The standard InChI is InChI=1S/C29H36N2O4S/c1-5-35-27-16-10-24(11-17-27)7-6-20-30-29(32)21-31(26-14-12-25(13-15-26)22(2)3)36(33,34)28-18-8-23(4)9-19-28/h8-19,22H,5-7,20-21H2,1-4H3,(H,30,32). The van der Waals surface area contributed by atoms with Crippen molar-refractivity contribution in [2.24, 2.45) is 0 Å². The number of aryl methyl sites for hydroxylation is 2. The Labute approximate surface area is 215 Å². The van der Waals surface area contributed by atoms with Crippen LogP contribution >= 0.6 is 0 Å². The van der Waals surface area contributed by atoms with Crippen molar-refractivity contribution in [3.8, 4) is 5.75 Å². The fourth-order valence-corrected chi connectivity index (χ4v) is 5.22. The van der Waals surface area contributed by atoms with E-state index in [1.807, 2.05) is 50.2 Å². The zero-order chi connectivity index (χ0) is 26.1. The second-order valence-electron chi connectivity index (χ2n) is 9.10. The summed E-state index contributed by atoms with van der Waals surface area (Å²) in [5.41, 5.74) is 3.68. The highest BCUT2D eigenvalue weighted by Gasteiger charge is 2.27. The van der Waals surface area contributed by atoms with Crippen LogP contribution < -0.4 is 14.4 Å². The van der Waals surface area contributed by atoms with E-state index in [0.717, 1.165) is 35.3 Å². The van der Waals surface area contributed by atoms with Crippen LogP contribution in [0.5, 0.6) is 5.75 Å². The lowest BCUT2D eigenvalue weighted by atomic mass is 10.0. The van der Waals surface area contributed by atoms with Crippen LogP contribution in [-0.4, -0.2) is 34.0 Å². The highest BCUT2D eigenvalue weighted by atomic mass is 32.2. The van der Waals surface area contributed by atoms with E-state index in [-0.39, 0.29) is 17.3 Å². The number of anilines is 1. The van der Waals surface area contributed by atoms with Gasteiger partial charge in [0.25, 0.3) is 10.0 Å². The van der Waals surface area contributed by atoms with E-state index in [0.29, 0.717) is 24.8 Å². The predicted octanol–water partition coefficient (Wildman–Crippen LogP) is 5.46. The fraction of sp³-hybridized carbons (Fsp3) is 0.345. The van der Waals surface area contributed by atoms with Gasteiger partial charge in [0.2, 0.25) is 5.91 Å². The van der Waals surface area contributed by atoms with Crippen LogP contribution in [0.4, 0.5) is 5.69 Å². The molecule has 0 aliphatic heterocycles. The maximum absolute atomic E-state index is 13.5. The maximum atomic E-state index is 13.5. The molecule has 0 unspecified atom stereocenters. The molecule has 3 aromatic rings. The van der Waals surface area contributed by atoms with E-state index in [4.69, 9.17) is 4.74 Å². The topological polar surface area (TPSA) is 75.7 Å². The maximum Gasteiger partial charge on any atom is 0.264 e. The van der Waals surface area contributed by atoms with Crippen LogP contribution in [0.15, 0.2) is 77.7 Å². The van der Waals surface area contributed by atoms with Crippen molar-refractivity contribution >= 4 is 21.6 Å². The Kier molecular flexibility index (Phi) is 9.53. The molecule has 0 bridgehead atoms. The van der Waals surface area contributed by atoms with Crippen LogP contribution in [0.25, 0.3) is 0 Å². The number of benzene rings is 3. The van der Waals surface area contributed by atoms with Gasteiger partial charge in [-0.1, -0.05) is 55.8 Å². The monoisotopic (exact) mass is 508 g/mol. The summed E-state index contributed by atoms with van der Waals surface area (Å²) in [6.07, 6.45) is 1.54. The molecule has 3 aromatic carbocycles. The van der Waals surface area contributed by atoms with Gasteiger partial charge in [-0.05, 0) is 80.1 Å². The largest absolute Gasteiger partial charge is 0.494 e. The number of carbonyl (C=O) groups is 1. The number of hydrogen-bond acceptors (Lipinski definition) is 4. The first-order valence-corrected chi connectivity index (χ1v) is 13.8. The van der Waals surface area contributed by atoms with Crippen molar-refractivity contribution in [1.29, 1.82) is 0 Å². The Bertz CT molecular complexity index is 1220. The zero-order valence-corrected chi connectivity index (χ0v) is 22.3. The fourth-order valence-electron chi connectivity index (χ4n) is 3.80. The SMILES string of the molecule is CCOc1ccc(CCCNC(=O)CN(c2ccc(C(C)C)cc2)S(=O)(=O)c2ccc(C)cc2)cc1. The minimum Gasteiger partial charge on any atom is -0.494 e. The molecular formula is C29H36N2O4S. The van der Waals surface area contributed by atoms with Crippen molar-refractivity contribution in [3.63, 3.8) is 0 Å². The Hall–Kier alpha value is -3.32. The normalized spacial score (nSPS) is 11.4. The smallest absolute Gasteiger partial charge is 0.264 e. The first-order valence-electron chi connectivity index (χ1n) is 12.4. The molecule has 1 N–H and O–H groups in total. The Balaban J connectivity index is 1.68. The summed E-state index contributed by atoms with van der Waals surface area (Å²) in [5.74, 6) is 0.816. The number of ether oxygens (including phenoxy) is 1. The molecule has 3 rings (SSSR count). The van der Waals surface area contributed by atoms with E-state index in [9.17, 15) is 13.2 Å². The Morgan fingerprint density at radius 2 is 1.58 bits per heavy atom. The molecule has 7 heteroatoms. The first kappa shape index (κ1) is 27.3. The van der Waals surface area contributed by atoms with Gasteiger partial charge in [-0.3, -0.25) is 9.10 Å². The quantitative estimate of drug-likeness (QED) is 0.330. The molecule has 0 aliphatic rings. The molecule has 0 heterocycles. The second-order valence-corrected chi connectivity index (χ2v) is 11.0. The van der Waals surface area contributed by atoms with Gasteiger partial charge in [0.15, 0.2) is 0 Å². The number of amides is 1. The third-order valence-corrected chi connectivity index (χ3v) is 7.73. The molecule has 36 heavy (non-hydrogen) atoms.